The van der Waals surface area contributed by atoms with Crippen molar-refractivity contribution in [2.75, 3.05) is 17.3 Å². The quantitative estimate of drug-likeness (QED) is 0.775. The lowest BCUT2D eigenvalue weighted by Gasteiger charge is -2.12. The predicted molar refractivity (Wildman–Crippen MR) is 61.0 cm³/mol. The number of aromatic carboxylic acids is 1. The smallest absolute Gasteiger partial charge is 0.356 e. The summed E-state index contributed by atoms with van der Waals surface area (Å²) < 4.78 is 10.9. The summed E-state index contributed by atoms with van der Waals surface area (Å²) in [5, 5.41) is 11.6. The molecule has 0 amide bonds. The van der Waals surface area contributed by atoms with Crippen molar-refractivity contribution in [1.82, 2.24) is 9.97 Å². The Labute approximate surface area is 95.6 Å². The van der Waals surface area contributed by atoms with Crippen LogP contribution in [0.25, 0.3) is 0 Å². The number of carboxylic acids is 1. The van der Waals surface area contributed by atoms with Crippen LogP contribution in [-0.2, 0) is 10.8 Å². The summed E-state index contributed by atoms with van der Waals surface area (Å²) in [6, 6.07) is -0.00388. The molecule has 2 N–H and O–H groups in total. The van der Waals surface area contributed by atoms with E-state index < -0.39 is 16.8 Å². The van der Waals surface area contributed by atoms with Crippen molar-refractivity contribution in [1.29, 1.82) is 0 Å². The lowest BCUT2D eigenvalue weighted by molar-refractivity contribution is 0.0690. The Bertz CT molecular complexity index is 393. The highest BCUT2D eigenvalue weighted by atomic mass is 32.2. The maximum absolute atomic E-state index is 10.9. The fourth-order valence-corrected chi connectivity index (χ4v) is 1.95. The molecule has 2 unspecified atom stereocenters. The van der Waals surface area contributed by atoms with Crippen molar-refractivity contribution in [2.24, 2.45) is 0 Å². The molecule has 2 atom stereocenters. The summed E-state index contributed by atoms with van der Waals surface area (Å²) in [5.74, 6) is -0.132. The van der Waals surface area contributed by atoms with Gasteiger partial charge in [0.15, 0.2) is 5.69 Å². The molecule has 1 heterocycles. The molecule has 0 aliphatic carbocycles. The van der Waals surface area contributed by atoms with Crippen LogP contribution >= 0.6 is 0 Å². The minimum atomic E-state index is -1.11. The van der Waals surface area contributed by atoms with E-state index in [9.17, 15) is 9.00 Å². The van der Waals surface area contributed by atoms with Gasteiger partial charge in [0.05, 0.1) is 12.4 Å². The minimum Gasteiger partial charge on any atom is -0.476 e. The van der Waals surface area contributed by atoms with E-state index in [4.69, 9.17) is 5.11 Å². The fourth-order valence-electron chi connectivity index (χ4n) is 1.16. The molecule has 0 spiro atoms. The van der Waals surface area contributed by atoms with Crippen LogP contribution < -0.4 is 5.32 Å². The van der Waals surface area contributed by atoms with Crippen LogP contribution in [0, 0.1) is 0 Å². The Morgan fingerprint density at radius 2 is 2.25 bits per heavy atom. The summed E-state index contributed by atoms with van der Waals surface area (Å²) in [6.45, 7) is 1.87. The summed E-state index contributed by atoms with van der Waals surface area (Å²) >= 11 is 0. The van der Waals surface area contributed by atoms with Crippen LogP contribution in [0.3, 0.4) is 0 Å². The molecule has 0 saturated carbocycles. The number of nitrogens with zero attached hydrogens (tertiary/aromatic N) is 2. The average Bonchev–Trinajstić information content (AvgIpc) is 2.16. The van der Waals surface area contributed by atoms with Gasteiger partial charge in [-0.1, -0.05) is 0 Å². The Hall–Kier alpha value is -1.50. The Kier molecular flexibility index (Phi) is 4.36. The first-order valence-electron chi connectivity index (χ1n) is 4.61. The topological polar surface area (TPSA) is 92.2 Å². The zero-order valence-corrected chi connectivity index (χ0v) is 9.82. The van der Waals surface area contributed by atoms with Crippen molar-refractivity contribution >= 4 is 22.6 Å². The van der Waals surface area contributed by atoms with E-state index in [0.29, 0.717) is 11.6 Å². The highest BCUT2D eigenvalue weighted by Gasteiger charge is 2.07. The second kappa shape index (κ2) is 5.55. The van der Waals surface area contributed by atoms with Crippen LogP contribution in [-0.4, -0.2) is 43.3 Å². The van der Waals surface area contributed by atoms with Crippen molar-refractivity contribution < 1.29 is 14.1 Å². The van der Waals surface area contributed by atoms with Crippen LogP contribution in [0.15, 0.2) is 12.4 Å². The first kappa shape index (κ1) is 12.6. The van der Waals surface area contributed by atoms with E-state index in [0.717, 1.165) is 0 Å². The number of nitrogens with one attached hydrogen (secondary N) is 1. The van der Waals surface area contributed by atoms with Gasteiger partial charge in [0, 0.05) is 28.9 Å². The Morgan fingerprint density at radius 1 is 1.56 bits per heavy atom. The third kappa shape index (κ3) is 3.93. The maximum atomic E-state index is 10.9. The summed E-state index contributed by atoms with van der Waals surface area (Å²) in [5.41, 5.74) is -0.0997. The van der Waals surface area contributed by atoms with Crippen molar-refractivity contribution in [2.45, 2.75) is 13.0 Å². The van der Waals surface area contributed by atoms with E-state index in [1.165, 1.54) is 12.4 Å². The van der Waals surface area contributed by atoms with Gasteiger partial charge >= 0.3 is 5.97 Å². The van der Waals surface area contributed by atoms with Gasteiger partial charge in [-0.3, -0.25) is 4.21 Å². The molecule has 1 aromatic heterocycles. The van der Waals surface area contributed by atoms with Gasteiger partial charge in [-0.25, -0.2) is 14.8 Å². The Morgan fingerprint density at radius 3 is 2.69 bits per heavy atom. The monoisotopic (exact) mass is 243 g/mol. The minimum absolute atomic E-state index is 0.00388. The van der Waals surface area contributed by atoms with Crippen LogP contribution in [0.4, 0.5) is 5.82 Å². The first-order chi connectivity index (χ1) is 7.49. The normalized spacial score (nSPS) is 14.1. The molecule has 1 aromatic rings. The molecule has 0 fully saturated rings. The lowest BCUT2D eigenvalue weighted by atomic mass is 10.4. The number of aromatic nitrogens is 2. The molecule has 0 aliphatic heterocycles. The standard InChI is InChI=1S/C9H13N3O3S/c1-6(5-16(2)15)12-8-4-10-7(3-11-8)9(13)14/h3-4,6H,5H2,1-2H3,(H,11,12)(H,13,14). The molecule has 0 aliphatic rings. The van der Waals surface area contributed by atoms with Gasteiger partial charge in [-0.2, -0.15) is 0 Å². The average molecular weight is 243 g/mol. The van der Waals surface area contributed by atoms with E-state index in [2.05, 4.69) is 15.3 Å². The number of hydrogen-bond acceptors (Lipinski definition) is 5. The van der Waals surface area contributed by atoms with E-state index >= 15 is 0 Å². The zero-order chi connectivity index (χ0) is 12.1. The van der Waals surface area contributed by atoms with Gasteiger partial charge in [0.1, 0.15) is 5.82 Å². The fraction of sp³-hybridized carbons (Fsp3) is 0.444. The Balaban J connectivity index is 2.61. The van der Waals surface area contributed by atoms with E-state index in [1.807, 2.05) is 6.92 Å². The number of carboxylic acid groups (broad SMARTS) is 1. The maximum Gasteiger partial charge on any atom is 0.356 e. The number of rotatable bonds is 5. The molecule has 16 heavy (non-hydrogen) atoms. The van der Waals surface area contributed by atoms with Gasteiger partial charge in [0.25, 0.3) is 0 Å². The third-order valence-corrected chi connectivity index (χ3v) is 2.72. The van der Waals surface area contributed by atoms with Gasteiger partial charge in [-0.15, -0.1) is 0 Å². The molecular formula is C9H13N3O3S. The summed E-state index contributed by atoms with van der Waals surface area (Å²) in [7, 11) is -0.886. The molecule has 88 valence electrons. The van der Waals surface area contributed by atoms with Crippen LogP contribution in [0.2, 0.25) is 0 Å². The van der Waals surface area contributed by atoms with Gasteiger partial charge < -0.3 is 10.4 Å². The third-order valence-electron chi connectivity index (χ3n) is 1.75. The number of hydrogen-bond donors (Lipinski definition) is 2. The highest BCUT2D eigenvalue weighted by Crippen LogP contribution is 2.03. The molecule has 0 aromatic carbocycles. The summed E-state index contributed by atoms with van der Waals surface area (Å²) in [4.78, 5) is 18.1. The summed E-state index contributed by atoms with van der Waals surface area (Å²) in [6.07, 6.45) is 4.15. The second-order valence-corrected chi connectivity index (χ2v) is 4.86. The van der Waals surface area contributed by atoms with E-state index in [-0.39, 0.29) is 11.7 Å². The second-order valence-electron chi connectivity index (χ2n) is 3.38. The molecule has 0 saturated heterocycles. The van der Waals surface area contributed by atoms with Crippen molar-refractivity contribution in [3.05, 3.63) is 18.1 Å². The van der Waals surface area contributed by atoms with Crippen LogP contribution in [0.5, 0.6) is 0 Å². The van der Waals surface area contributed by atoms with Crippen LogP contribution in [0.1, 0.15) is 17.4 Å². The SMILES string of the molecule is CC(CS(C)=O)Nc1cnc(C(=O)O)cn1. The molecule has 0 radical (unpaired) electrons. The molecule has 7 heteroatoms. The van der Waals surface area contributed by atoms with Crippen molar-refractivity contribution in [3.8, 4) is 0 Å². The largest absolute Gasteiger partial charge is 0.476 e. The number of carbonyl (C=O) groups is 1. The van der Waals surface area contributed by atoms with Gasteiger partial charge in [0.2, 0.25) is 0 Å². The molecule has 6 nitrogen and oxygen atoms in total. The number of anilines is 1. The zero-order valence-electron chi connectivity index (χ0n) is 9.01. The first-order valence-corrected chi connectivity index (χ1v) is 6.33. The van der Waals surface area contributed by atoms with E-state index in [1.54, 1.807) is 6.26 Å². The van der Waals surface area contributed by atoms with Gasteiger partial charge in [-0.05, 0) is 6.92 Å². The lowest BCUT2D eigenvalue weighted by Crippen LogP contribution is -2.23. The molecule has 0 bridgehead atoms. The van der Waals surface area contributed by atoms with Crippen molar-refractivity contribution in [3.63, 3.8) is 0 Å². The highest BCUT2D eigenvalue weighted by molar-refractivity contribution is 7.84. The molecular weight excluding hydrogens is 230 g/mol. The predicted octanol–water partition coefficient (Wildman–Crippen LogP) is 0.354. The molecule has 1 rings (SSSR count).